The highest BCUT2D eigenvalue weighted by molar-refractivity contribution is 5.91. The van der Waals surface area contributed by atoms with Crippen molar-refractivity contribution < 1.29 is 14.6 Å². The van der Waals surface area contributed by atoms with E-state index in [-0.39, 0.29) is 5.75 Å². The molecule has 2 N–H and O–H groups in total. The Bertz CT molecular complexity index is 669. The first-order valence-corrected chi connectivity index (χ1v) is 6.68. The molecule has 0 amide bonds. The molecule has 0 aliphatic heterocycles. The van der Waals surface area contributed by atoms with Crippen LogP contribution in [0.25, 0.3) is 0 Å². The number of phenolic OH excluding ortho intramolecular Hbond substituents is 1. The minimum atomic E-state index is -0.435. The summed E-state index contributed by atoms with van der Waals surface area (Å²) in [6.07, 6.45) is 0. The van der Waals surface area contributed by atoms with Crippen molar-refractivity contribution in [2.24, 2.45) is 0 Å². The lowest BCUT2D eigenvalue weighted by molar-refractivity contribution is 0.0601. The summed E-state index contributed by atoms with van der Waals surface area (Å²) in [5.74, 6) is -0.350. The van der Waals surface area contributed by atoms with Crippen LogP contribution in [0.5, 0.6) is 5.75 Å². The number of carbonyl (C=O) groups excluding carboxylic acids is 1. The fraction of sp³-hybridized carbons (Fsp3) is 0.235. The van der Waals surface area contributed by atoms with Crippen molar-refractivity contribution in [1.29, 1.82) is 0 Å². The van der Waals surface area contributed by atoms with Gasteiger partial charge >= 0.3 is 5.97 Å². The van der Waals surface area contributed by atoms with Crippen LogP contribution in [0.2, 0.25) is 0 Å². The lowest BCUT2D eigenvalue weighted by Gasteiger charge is -2.15. The van der Waals surface area contributed by atoms with Crippen LogP contribution in [0.3, 0.4) is 0 Å². The number of carbonyl (C=O) groups is 1. The number of nitrogens with one attached hydrogen (secondary N) is 1. The zero-order chi connectivity index (χ0) is 15.6. The standard InChI is InChI=1S/C17H19NO3/c1-10-7-11(2)16(12(3)8-10)18-14-9-13(17(20)21-4)5-6-15(14)19/h5-9,18-19H,1-4H3. The van der Waals surface area contributed by atoms with E-state index in [1.54, 1.807) is 6.07 Å². The third-order valence-corrected chi connectivity index (χ3v) is 3.35. The van der Waals surface area contributed by atoms with Crippen LogP contribution in [-0.4, -0.2) is 18.2 Å². The predicted octanol–water partition coefficient (Wildman–Crippen LogP) is 3.85. The second kappa shape index (κ2) is 5.87. The molecule has 4 heteroatoms. The zero-order valence-electron chi connectivity index (χ0n) is 12.7. The average Bonchev–Trinajstić information content (AvgIpc) is 2.43. The van der Waals surface area contributed by atoms with E-state index < -0.39 is 5.97 Å². The van der Waals surface area contributed by atoms with Gasteiger partial charge in [0.15, 0.2) is 0 Å². The topological polar surface area (TPSA) is 58.6 Å². The minimum Gasteiger partial charge on any atom is -0.506 e. The monoisotopic (exact) mass is 285 g/mol. The molecule has 21 heavy (non-hydrogen) atoms. The molecule has 0 aromatic heterocycles. The maximum atomic E-state index is 11.6. The smallest absolute Gasteiger partial charge is 0.337 e. The average molecular weight is 285 g/mol. The van der Waals surface area contributed by atoms with Crippen molar-refractivity contribution in [3.63, 3.8) is 0 Å². The Hall–Kier alpha value is -2.49. The summed E-state index contributed by atoms with van der Waals surface area (Å²) in [4.78, 5) is 11.6. The molecule has 0 fully saturated rings. The SMILES string of the molecule is COC(=O)c1ccc(O)c(Nc2c(C)cc(C)cc2C)c1. The first-order valence-electron chi connectivity index (χ1n) is 6.68. The molecule has 0 atom stereocenters. The normalized spacial score (nSPS) is 10.3. The van der Waals surface area contributed by atoms with Gasteiger partial charge in [-0.15, -0.1) is 0 Å². The molecule has 4 nitrogen and oxygen atoms in total. The summed E-state index contributed by atoms with van der Waals surface area (Å²) >= 11 is 0. The summed E-state index contributed by atoms with van der Waals surface area (Å²) in [6.45, 7) is 6.05. The van der Waals surface area contributed by atoms with Gasteiger partial charge in [0.1, 0.15) is 5.75 Å². The number of anilines is 2. The Kier molecular flexibility index (Phi) is 4.17. The molecule has 0 saturated heterocycles. The van der Waals surface area contributed by atoms with Gasteiger partial charge in [-0.3, -0.25) is 0 Å². The second-order valence-corrected chi connectivity index (χ2v) is 5.12. The van der Waals surface area contributed by atoms with Crippen LogP contribution >= 0.6 is 0 Å². The molecule has 0 radical (unpaired) electrons. The van der Waals surface area contributed by atoms with Crippen molar-refractivity contribution in [1.82, 2.24) is 0 Å². The van der Waals surface area contributed by atoms with Crippen molar-refractivity contribution in [2.75, 3.05) is 12.4 Å². The van der Waals surface area contributed by atoms with Gasteiger partial charge in [-0.1, -0.05) is 17.7 Å². The largest absolute Gasteiger partial charge is 0.506 e. The van der Waals surface area contributed by atoms with Gasteiger partial charge in [-0.25, -0.2) is 4.79 Å². The Morgan fingerprint density at radius 2 is 1.71 bits per heavy atom. The van der Waals surface area contributed by atoms with Gasteiger partial charge in [0.2, 0.25) is 0 Å². The van der Waals surface area contributed by atoms with Gasteiger partial charge in [-0.2, -0.15) is 0 Å². The number of ether oxygens (including phenoxy) is 1. The summed E-state index contributed by atoms with van der Waals surface area (Å²) in [7, 11) is 1.33. The lowest BCUT2D eigenvalue weighted by Crippen LogP contribution is -2.03. The molecule has 2 rings (SSSR count). The number of rotatable bonds is 3. The number of hydrogen-bond donors (Lipinski definition) is 2. The molecule has 0 unspecified atom stereocenters. The van der Waals surface area contributed by atoms with Crippen LogP contribution in [0.4, 0.5) is 11.4 Å². The summed E-state index contributed by atoms with van der Waals surface area (Å²) in [5, 5.41) is 13.2. The highest BCUT2D eigenvalue weighted by Crippen LogP contribution is 2.31. The maximum Gasteiger partial charge on any atom is 0.337 e. The van der Waals surface area contributed by atoms with Crippen LogP contribution < -0.4 is 5.32 Å². The van der Waals surface area contributed by atoms with E-state index >= 15 is 0 Å². The van der Waals surface area contributed by atoms with Gasteiger partial charge in [0, 0.05) is 5.69 Å². The third-order valence-electron chi connectivity index (χ3n) is 3.35. The predicted molar refractivity (Wildman–Crippen MR) is 83.4 cm³/mol. The molecule has 0 heterocycles. The van der Waals surface area contributed by atoms with Gasteiger partial charge < -0.3 is 15.2 Å². The summed E-state index contributed by atoms with van der Waals surface area (Å²) < 4.78 is 4.70. The van der Waals surface area contributed by atoms with Crippen LogP contribution in [0.15, 0.2) is 30.3 Å². The first kappa shape index (κ1) is 14.9. The van der Waals surface area contributed by atoms with E-state index in [1.807, 2.05) is 20.8 Å². The fourth-order valence-electron chi connectivity index (χ4n) is 2.39. The van der Waals surface area contributed by atoms with Crippen LogP contribution in [0.1, 0.15) is 27.0 Å². The molecule has 0 saturated carbocycles. The van der Waals surface area contributed by atoms with E-state index in [1.165, 1.54) is 24.8 Å². The number of aryl methyl sites for hydroxylation is 3. The van der Waals surface area contributed by atoms with Gasteiger partial charge in [0.25, 0.3) is 0 Å². The van der Waals surface area contributed by atoms with E-state index in [4.69, 9.17) is 4.74 Å². The molecule has 110 valence electrons. The zero-order valence-corrected chi connectivity index (χ0v) is 12.7. The Balaban J connectivity index is 2.42. The molecular formula is C17H19NO3. The molecule has 0 bridgehead atoms. The van der Waals surface area contributed by atoms with E-state index in [0.717, 1.165) is 16.8 Å². The molecular weight excluding hydrogens is 266 g/mol. The van der Waals surface area contributed by atoms with Gasteiger partial charge in [-0.05, 0) is 50.1 Å². The van der Waals surface area contributed by atoms with Gasteiger partial charge in [0.05, 0.1) is 18.4 Å². The van der Waals surface area contributed by atoms with E-state index in [9.17, 15) is 9.90 Å². The molecule has 2 aromatic rings. The van der Waals surface area contributed by atoms with E-state index in [0.29, 0.717) is 11.3 Å². The summed E-state index contributed by atoms with van der Waals surface area (Å²) in [5.41, 5.74) is 5.14. The Morgan fingerprint density at radius 1 is 1.10 bits per heavy atom. The Labute approximate surface area is 124 Å². The molecule has 0 aliphatic carbocycles. The number of methoxy groups -OCH3 is 1. The van der Waals surface area contributed by atoms with E-state index in [2.05, 4.69) is 17.4 Å². The van der Waals surface area contributed by atoms with Crippen molar-refractivity contribution in [2.45, 2.75) is 20.8 Å². The number of aromatic hydroxyl groups is 1. The third kappa shape index (κ3) is 3.16. The molecule has 2 aromatic carbocycles. The maximum absolute atomic E-state index is 11.6. The minimum absolute atomic E-state index is 0.0852. The quantitative estimate of drug-likeness (QED) is 0.664. The first-order chi connectivity index (χ1) is 9.92. The van der Waals surface area contributed by atoms with Crippen molar-refractivity contribution in [3.05, 3.63) is 52.6 Å². The lowest BCUT2D eigenvalue weighted by atomic mass is 10.0. The highest BCUT2D eigenvalue weighted by Gasteiger charge is 2.11. The second-order valence-electron chi connectivity index (χ2n) is 5.12. The number of hydrogen-bond acceptors (Lipinski definition) is 4. The number of esters is 1. The van der Waals surface area contributed by atoms with Crippen LogP contribution in [0, 0.1) is 20.8 Å². The Morgan fingerprint density at radius 3 is 2.29 bits per heavy atom. The molecule has 0 spiro atoms. The van der Waals surface area contributed by atoms with Crippen molar-refractivity contribution in [3.8, 4) is 5.75 Å². The fourth-order valence-corrected chi connectivity index (χ4v) is 2.39. The van der Waals surface area contributed by atoms with Crippen molar-refractivity contribution >= 4 is 17.3 Å². The summed E-state index contributed by atoms with van der Waals surface area (Å²) in [6, 6.07) is 8.72. The number of phenols is 1. The highest BCUT2D eigenvalue weighted by atomic mass is 16.5. The number of benzene rings is 2. The van der Waals surface area contributed by atoms with Crippen LogP contribution in [-0.2, 0) is 4.74 Å². The molecule has 0 aliphatic rings.